The second-order valence-corrected chi connectivity index (χ2v) is 7.56. The predicted molar refractivity (Wildman–Crippen MR) is 129 cm³/mol. The van der Waals surface area contributed by atoms with Crippen molar-refractivity contribution in [3.63, 3.8) is 0 Å². The van der Waals surface area contributed by atoms with Crippen LogP contribution in [0, 0.1) is 5.92 Å². The van der Waals surface area contributed by atoms with Gasteiger partial charge in [0.15, 0.2) is 11.8 Å². The number of hydrogen-bond donors (Lipinski definition) is 3. The molecule has 0 radical (unpaired) electrons. The zero-order valence-corrected chi connectivity index (χ0v) is 20.0. The number of ether oxygens (including phenoxy) is 1. The summed E-state index contributed by atoms with van der Waals surface area (Å²) in [6.07, 6.45) is 1.06. The van der Waals surface area contributed by atoms with Crippen LogP contribution in [0.3, 0.4) is 0 Å². The third kappa shape index (κ3) is 7.00. The molecule has 3 rings (SSSR count). The van der Waals surface area contributed by atoms with Gasteiger partial charge in [0.25, 0.3) is 0 Å². The summed E-state index contributed by atoms with van der Waals surface area (Å²) in [7, 11) is 3.41. The minimum absolute atomic E-state index is 0. The Kier molecular flexibility index (Phi) is 9.39. The Morgan fingerprint density at radius 2 is 2.03 bits per heavy atom. The van der Waals surface area contributed by atoms with Crippen molar-refractivity contribution in [2.75, 3.05) is 20.7 Å². The van der Waals surface area contributed by atoms with E-state index in [0.717, 1.165) is 36.1 Å². The minimum atomic E-state index is 0. The first-order valence-electron chi connectivity index (χ1n) is 9.20. The van der Waals surface area contributed by atoms with Crippen molar-refractivity contribution in [3.8, 4) is 17.1 Å². The van der Waals surface area contributed by atoms with Gasteiger partial charge in [-0.25, -0.2) is 4.98 Å². The lowest BCUT2D eigenvalue weighted by Crippen LogP contribution is -2.39. The molecule has 0 aliphatic heterocycles. The Morgan fingerprint density at radius 1 is 1.24 bits per heavy atom. The molecule has 0 aliphatic carbocycles. The van der Waals surface area contributed by atoms with Gasteiger partial charge in [0.2, 0.25) is 0 Å². The highest BCUT2D eigenvalue weighted by atomic mass is 127. The Balaban J connectivity index is 0.00000300. The van der Waals surface area contributed by atoms with Gasteiger partial charge in [0.05, 0.1) is 13.7 Å². The lowest BCUT2D eigenvalue weighted by atomic mass is 10.1. The highest BCUT2D eigenvalue weighted by Crippen LogP contribution is 2.19. The number of H-pyrrole nitrogens is 1. The summed E-state index contributed by atoms with van der Waals surface area (Å²) < 4.78 is 5.18. The lowest BCUT2D eigenvalue weighted by Gasteiger charge is -2.15. The van der Waals surface area contributed by atoms with Crippen molar-refractivity contribution in [3.05, 3.63) is 52.5 Å². The maximum absolute atomic E-state index is 5.18. The number of nitrogens with one attached hydrogen (secondary N) is 3. The van der Waals surface area contributed by atoms with Gasteiger partial charge >= 0.3 is 0 Å². The van der Waals surface area contributed by atoms with Gasteiger partial charge in [0, 0.05) is 24.0 Å². The van der Waals surface area contributed by atoms with Crippen LogP contribution in [-0.4, -0.2) is 41.8 Å². The number of guanidine groups is 1. The first-order chi connectivity index (χ1) is 13.7. The number of nitrogens with zero attached hydrogens (tertiary/aromatic N) is 3. The van der Waals surface area contributed by atoms with Gasteiger partial charge < -0.3 is 15.4 Å². The number of aromatic amines is 1. The van der Waals surface area contributed by atoms with Crippen LogP contribution in [0.15, 0.2) is 46.8 Å². The summed E-state index contributed by atoms with van der Waals surface area (Å²) in [4.78, 5) is 10.2. The van der Waals surface area contributed by atoms with E-state index in [0.29, 0.717) is 18.3 Å². The molecule has 1 atom stereocenters. The van der Waals surface area contributed by atoms with E-state index in [2.05, 4.69) is 55.2 Å². The molecular weight excluding hydrogens is 499 g/mol. The van der Waals surface area contributed by atoms with Gasteiger partial charge in [-0.2, -0.15) is 5.10 Å². The molecule has 0 aliphatic rings. The molecule has 2 aromatic heterocycles. The van der Waals surface area contributed by atoms with Crippen molar-refractivity contribution < 1.29 is 4.74 Å². The molecule has 0 saturated carbocycles. The number of aromatic nitrogens is 3. The fourth-order valence-corrected chi connectivity index (χ4v) is 3.62. The van der Waals surface area contributed by atoms with E-state index >= 15 is 0 Å². The van der Waals surface area contributed by atoms with E-state index in [-0.39, 0.29) is 24.0 Å². The molecule has 0 amide bonds. The summed E-state index contributed by atoms with van der Waals surface area (Å²) in [5.41, 5.74) is 0.938. The van der Waals surface area contributed by atoms with Crippen LogP contribution < -0.4 is 15.4 Å². The molecule has 0 bridgehead atoms. The van der Waals surface area contributed by atoms with E-state index in [1.54, 1.807) is 25.5 Å². The SMILES string of the molecule is CN=C(NCc1nc(-c2ccc(OC)cc2)n[nH]1)NCC(C)Cc1cccs1.I. The molecule has 7 nitrogen and oxygen atoms in total. The van der Waals surface area contributed by atoms with Crippen LogP contribution in [0.1, 0.15) is 17.6 Å². The van der Waals surface area contributed by atoms with Crippen molar-refractivity contribution in [2.24, 2.45) is 10.9 Å². The molecule has 1 unspecified atom stereocenters. The fraction of sp³-hybridized carbons (Fsp3) is 0.350. The summed E-state index contributed by atoms with van der Waals surface area (Å²) in [5, 5.41) is 16.0. The van der Waals surface area contributed by atoms with Crippen LogP contribution in [0.4, 0.5) is 0 Å². The third-order valence-corrected chi connectivity index (χ3v) is 5.17. The highest BCUT2D eigenvalue weighted by molar-refractivity contribution is 14.0. The summed E-state index contributed by atoms with van der Waals surface area (Å²) in [6.45, 7) is 3.60. The Labute approximate surface area is 192 Å². The predicted octanol–water partition coefficient (Wildman–Crippen LogP) is 3.70. The number of methoxy groups -OCH3 is 1. The van der Waals surface area contributed by atoms with Crippen molar-refractivity contribution in [1.82, 2.24) is 25.8 Å². The van der Waals surface area contributed by atoms with Crippen LogP contribution in [0.5, 0.6) is 5.75 Å². The topological polar surface area (TPSA) is 87.2 Å². The average Bonchev–Trinajstić information content (AvgIpc) is 3.40. The summed E-state index contributed by atoms with van der Waals surface area (Å²) >= 11 is 1.80. The maximum atomic E-state index is 5.18. The summed E-state index contributed by atoms with van der Waals surface area (Å²) in [6, 6.07) is 11.9. The van der Waals surface area contributed by atoms with Crippen LogP contribution in [0.2, 0.25) is 0 Å². The normalized spacial score (nSPS) is 12.2. The van der Waals surface area contributed by atoms with Gasteiger partial charge in [-0.3, -0.25) is 10.1 Å². The standard InChI is InChI=1S/C20H26N6OS.HI/c1-14(11-17-5-4-10-28-17)12-22-20(21-2)23-13-18-24-19(26-25-18)15-6-8-16(27-3)9-7-15;/h4-10,14H,11-13H2,1-3H3,(H2,21,22,23)(H,24,25,26);1H. The van der Waals surface area contributed by atoms with E-state index in [1.165, 1.54) is 4.88 Å². The largest absolute Gasteiger partial charge is 0.497 e. The maximum Gasteiger partial charge on any atom is 0.191 e. The van der Waals surface area contributed by atoms with Crippen molar-refractivity contribution in [2.45, 2.75) is 19.9 Å². The molecule has 3 N–H and O–H groups in total. The van der Waals surface area contributed by atoms with Gasteiger partial charge in [0.1, 0.15) is 11.6 Å². The second kappa shape index (κ2) is 11.8. The van der Waals surface area contributed by atoms with Crippen LogP contribution in [-0.2, 0) is 13.0 Å². The smallest absolute Gasteiger partial charge is 0.191 e. The zero-order chi connectivity index (χ0) is 19.8. The molecule has 156 valence electrons. The first-order valence-corrected chi connectivity index (χ1v) is 10.1. The molecule has 0 spiro atoms. The molecule has 2 heterocycles. The molecule has 29 heavy (non-hydrogen) atoms. The number of hydrogen-bond acceptors (Lipinski definition) is 5. The molecule has 3 aromatic rings. The Bertz CT molecular complexity index is 879. The van der Waals surface area contributed by atoms with Crippen molar-refractivity contribution >= 4 is 41.3 Å². The molecule has 0 saturated heterocycles. The molecule has 0 fully saturated rings. The monoisotopic (exact) mass is 526 g/mol. The summed E-state index contributed by atoms with van der Waals surface area (Å²) in [5.74, 6) is 3.49. The Hall–Kier alpha value is -2.14. The van der Waals surface area contributed by atoms with Crippen molar-refractivity contribution in [1.29, 1.82) is 0 Å². The van der Waals surface area contributed by atoms with Gasteiger partial charge in [-0.1, -0.05) is 13.0 Å². The number of aliphatic imine (C=N–C) groups is 1. The number of thiophene rings is 1. The van der Waals surface area contributed by atoms with Crippen LogP contribution in [0.25, 0.3) is 11.4 Å². The number of halogens is 1. The fourth-order valence-electron chi connectivity index (χ4n) is 2.75. The van der Waals surface area contributed by atoms with Gasteiger partial charge in [-0.05, 0) is 48.1 Å². The van der Waals surface area contributed by atoms with E-state index < -0.39 is 0 Å². The third-order valence-electron chi connectivity index (χ3n) is 4.27. The lowest BCUT2D eigenvalue weighted by molar-refractivity contribution is 0.415. The van der Waals surface area contributed by atoms with Crippen LogP contribution >= 0.6 is 35.3 Å². The Morgan fingerprint density at radius 3 is 2.69 bits per heavy atom. The van der Waals surface area contributed by atoms with Gasteiger partial charge in [-0.15, -0.1) is 35.3 Å². The van der Waals surface area contributed by atoms with E-state index in [4.69, 9.17) is 4.74 Å². The molecule has 9 heteroatoms. The minimum Gasteiger partial charge on any atom is -0.497 e. The second-order valence-electron chi connectivity index (χ2n) is 6.53. The average molecular weight is 526 g/mol. The zero-order valence-electron chi connectivity index (χ0n) is 16.8. The van der Waals surface area contributed by atoms with E-state index in [9.17, 15) is 0 Å². The number of rotatable bonds is 8. The molecular formula is C20H27IN6OS. The van der Waals surface area contributed by atoms with E-state index in [1.807, 2.05) is 24.3 Å². The first kappa shape index (κ1) is 23.1. The quantitative estimate of drug-likeness (QED) is 0.237. The molecule has 1 aromatic carbocycles. The highest BCUT2D eigenvalue weighted by Gasteiger charge is 2.09. The number of benzene rings is 1.